The lowest BCUT2D eigenvalue weighted by Gasteiger charge is -2.13. The minimum absolute atomic E-state index is 0.144. The normalized spacial score (nSPS) is 17.5. The molecule has 0 heterocycles. The second-order valence-electron chi connectivity index (χ2n) is 5.29. The predicted molar refractivity (Wildman–Crippen MR) is 72.6 cm³/mol. The highest BCUT2D eigenvalue weighted by molar-refractivity contribution is 5.27. The molecule has 0 bridgehead atoms. The molecule has 1 aromatic carbocycles. The summed E-state index contributed by atoms with van der Waals surface area (Å²) < 4.78 is 5.39. The van der Waals surface area contributed by atoms with Crippen LogP contribution in [0.2, 0.25) is 0 Å². The number of nitrogens with one attached hydrogen (secondary N) is 1. The van der Waals surface area contributed by atoms with Crippen molar-refractivity contribution in [3.8, 4) is 11.8 Å². The molecule has 1 aromatic rings. The van der Waals surface area contributed by atoms with Gasteiger partial charge in [0, 0.05) is 25.1 Å². The van der Waals surface area contributed by atoms with Crippen LogP contribution in [0, 0.1) is 16.7 Å². The fourth-order valence-electron chi connectivity index (χ4n) is 1.96. The highest BCUT2D eigenvalue weighted by Crippen LogP contribution is 2.44. The lowest BCUT2D eigenvalue weighted by atomic mass is 10.1. The number of hydrogen-bond donors (Lipinski definition) is 2. The zero-order chi connectivity index (χ0) is 13.7. The number of ether oxygens (including phenoxy) is 1. The van der Waals surface area contributed by atoms with Gasteiger partial charge in [-0.1, -0.05) is 12.1 Å². The predicted octanol–water partition coefficient (Wildman–Crippen LogP) is 1.84. The van der Waals surface area contributed by atoms with Crippen molar-refractivity contribution in [3.63, 3.8) is 0 Å². The summed E-state index contributed by atoms with van der Waals surface area (Å²) in [6.45, 7) is 3.65. The molecular formula is C15H20N2O2. The maximum absolute atomic E-state index is 9.21. The topological polar surface area (TPSA) is 65.3 Å². The van der Waals surface area contributed by atoms with E-state index in [9.17, 15) is 5.11 Å². The van der Waals surface area contributed by atoms with Crippen LogP contribution in [0.1, 0.15) is 25.3 Å². The van der Waals surface area contributed by atoms with Crippen molar-refractivity contribution >= 4 is 0 Å². The first kappa shape index (κ1) is 13.9. The smallest absolute Gasteiger partial charge is 0.181 e. The average Bonchev–Trinajstić information content (AvgIpc) is 3.21. The van der Waals surface area contributed by atoms with Gasteiger partial charge in [0.05, 0.1) is 0 Å². The van der Waals surface area contributed by atoms with E-state index in [2.05, 4.69) is 5.32 Å². The molecule has 1 aliphatic rings. The highest BCUT2D eigenvalue weighted by Gasteiger charge is 2.41. The average molecular weight is 260 g/mol. The van der Waals surface area contributed by atoms with Crippen LogP contribution in [0.4, 0.5) is 0 Å². The number of nitriles is 1. The van der Waals surface area contributed by atoms with Gasteiger partial charge in [0.15, 0.2) is 6.10 Å². The first-order valence-corrected chi connectivity index (χ1v) is 6.64. The van der Waals surface area contributed by atoms with Gasteiger partial charge in [-0.3, -0.25) is 0 Å². The van der Waals surface area contributed by atoms with E-state index in [1.54, 1.807) is 6.92 Å². The van der Waals surface area contributed by atoms with Crippen LogP contribution in [0.25, 0.3) is 0 Å². The minimum atomic E-state index is -0.428. The summed E-state index contributed by atoms with van der Waals surface area (Å²) in [4.78, 5) is 0. The number of rotatable bonds is 7. The van der Waals surface area contributed by atoms with Gasteiger partial charge in [0.1, 0.15) is 11.8 Å². The van der Waals surface area contributed by atoms with E-state index in [-0.39, 0.29) is 12.0 Å². The van der Waals surface area contributed by atoms with Crippen LogP contribution in [0.5, 0.6) is 5.75 Å². The highest BCUT2D eigenvalue weighted by atomic mass is 16.5. The van der Waals surface area contributed by atoms with Crippen LogP contribution in [-0.2, 0) is 6.54 Å². The van der Waals surface area contributed by atoms with Crippen LogP contribution < -0.4 is 10.1 Å². The van der Waals surface area contributed by atoms with E-state index < -0.39 is 6.10 Å². The zero-order valence-corrected chi connectivity index (χ0v) is 11.2. The maximum atomic E-state index is 9.21. The van der Waals surface area contributed by atoms with E-state index in [1.807, 2.05) is 30.3 Å². The van der Waals surface area contributed by atoms with Gasteiger partial charge in [-0.2, -0.15) is 5.26 Å². The molecule has 0 aromatic heterocycles. The Bertz CT molecular complexity index is 446. The molecule has 1 fully saturated rings. The number of benzene rings is 1. The Morgan fingerprint density at radius 3 is 2.63 bits per heavy atom. The summed E-state index contributed by atoms with van der Waals surface area (Å²) in [6, 6.07) is 9.77. The monoisotopic (exact) mass is 260 g/mol. The third-order valence-electron chi connectivity index (χ3n) is 3.54. The molecule has 1 saturated carbocycles. The summed E-state index contributed by atoms with van der Waals surface area (Å²) in [5.41, 5.74) is 1.32. The van der Waals surface area contributed by atoms with E-state index in [1.165, 1.54) is 5.56 Å². The lowest BCUT2D eigenvalue weighted by Crippen LogP contribution is -2.26. The Hall–Kier alpha value is -1.57. The molecule has 1 aliphatic carbocycles. The molecule has 1 atom stereocenters. The molecule has 2 rings (SSSR count). The molecule has 0 amide bonds. The molecule has 4 nitrogen and oxygen atoms in total. The van der Waals surface area contributed by atoms with Crippen molar-refractivity contribution < 1.29 is 9.84 Å². The maximum Gasteiger partial charge on any atom is 0.181 e. The van der Waals surface area contributed by atoms with Gasteiger partial charge in [0.2, 0.25) is 0 Å². The molecule has 2 N–H and O–H groups in total. The van der Waals surface area contributed by atoms with Crippen molar-refractivity contribution in [3.05, 3.63) is 29.8 Å². The Balaban J connectivity index is 1.77. The fourth-order valence-corrected chi connectivity index (χ4v) is 1.96. The van der Waals surface area contributed by atoms with Crippen molar-refractivity contribution in [2.24, 2.45) is 5.41 Å². The van der Waals surface area contributed by atoms with Gasteiger partial charge in [0.25, 0.3) is 0 Å². The van der Waals surface area contributed by atoms with Gasteiger partial charge in [-0.25, -0.2) is 0 Å². The van der Waals surface area contributed by atoms with Crippen LogP contribution in [0.15, 0.2) is 24.3 Å². The standard InChI is InChI=1S/C15H20N2O2/c1-12(8-16)19-14-4-2-13(3-5-14)9-17-10-15(11-18)6-7-15/h2-5,12,17-18H,6-7,9-11H2,1H3. The Kier molecular flexibility index (Phi) is 4.41. The van der Waals surface area contributed by atoms with E-state index in [4.69, 9.17) is 10.00 Å². The fraction of sp³-hybridized carbons (Fsp3) is 0.533. The van der Waals surface area contributed by atoms with Crippen molar-refractivity contribution in [2.45, 2.75) is 32.4 Å². The van der Waals surface area contributed by atoms with E-state index in [0.717, 1.165) is 25.9 Å². The SMILES string of the molecule is CC(C#N)Oc1ccc(CNCC2(CO)CC2)cc1. The number of aliphatic hydroxyl groups is 1. The summed E-state index contributed by atoms with van der Waals surface area (Å²) in [7, 11) is 0. The molecule has 0 saturated heterocycles. The van der Waals surface area contributed by atoms with Gasteiger partial charge in [-0.05, 0) is 37.5 Å². The van der Waals surface area contributed by atoms with Gasteiger partial charge in [-0.15, -0.1) is 0 Å². The molecule has 0 radical (unpaired) electrons. The van der Waals surface area contributed by atoms with Gasteiger partial charge < -0.3 is 15.2 Å². The Labute approximate surface area is 114 Å². The number of nitrogens with zero attached hydrogens (tertiary/aromatic N) is 1. The molecule has 1 unspecified atom stereocenters. The third-order valence-corrected chi connectivity index (χ3v) is 3.54. The molecule has 19 heavy (non-hydrogen) atoms. The lowest BCUT2D eigenvalue weighted by molar-refractivity contribution is 0.207. The van der Waals surface area contributed by atoms with Crippen molar-refractivity contribution in [1.82, 2.24) is 5.32 Å². The second kappa shape index (κ2) is 6.05. The van der Waals surface area contributed by atoms with Crippen LogP contribution in [-0.4, -0.2) is 24.4 Å². The largest absolute Gasteiger partial charge is 0.476 e. The summed E-state index contributed by atoms with van der Waals surface area (Å²) >= 11 is 0. The molecule has 102 valence electrons. The van der Waals surface area contributed by atoms with Gasteiger partial charge >= 0.3 is 0 Å². The molecular weight excluding hydrogens is 240 g/mol. The van der Waals surface area contributed by atoms with E-state index in [0.29, 0.717) is 5.75 Å². The van der Waals surface area contributed by atoms with Crippen LogP contribution in [0.3, 0.4) is 0 Å². The Morgan fingerprint density at radius 2 is 2.11 bits per heavy atom. The second-order valence-corrected chi connectivity index (χ2v) is 5.29. The van der Waals surface area contributed by atoms with Crippen LogP contribution >= 0.6 is 0 Å². The minimum Gasteiger partial charge on any atom is -0.476 e. The summed E-state index contributed by atoms with van der Waals surface area (Å²) in [5, 5.41) is 21.3. The summed E-state index contributed by atoms with van der Waals surface area (Å²) in [5.74, 6) is 0.715. The molecule has 4 heteroatoms. The quantitative estimate of drug-likeness (QED) is 0.785. The zero-order valence-electron chi connectivity index (χ0n) is 11.2. The summed E-state index contributed by atoms with van der Waals surface area (Å²) in [6.07, 6.45) is 1.81. The first-order chi connectivity index (χ1) is 9.17. The third kappa shape index (κ3) is 3.95. The Morgan fingerprint density at radius 1 is 1.42 bits per heavy atom. The first-order valence-electron chi connectivity index (χ1n) is 6.64. The van der Waals surface area contributed by atoms with Crippen molar-refractivity contribution in [2.75, 3.05) is 13.2 Å². The molecule has 0 aliphatic heterocycles. The number of aliphatic hydroxyl groups excluding tert-OH is 1. The molecule has 0 spiro atoms. The van der Waals surface area contributed by atoms with Crippen molar-refractivity contribution in [1.29, 1.82) is 5.26 Å². The van der Waals surface area contributed by atoms with E-state index >= 15 is 0 Å². The number of hydrogen-bond acceptors (Lipinski definition) is 4.